The third-order valence-electron chi connectivity index (χ3n) is 5.51. The Morgan fingerprint density at radius 2 is 1.58 bits per heavy atom. The molecule has 1 saturated heterocycles. The van der Waals surface area contributed by atoms with Gasteiger partial charge in [-0.25, -0.2) is 13.4 Å². The number of sulfonamides is 1. The van der Waals surface area contributed by atoms with Crippen LogP contribution in [-0.4, -0.2) is 60.5 Å². The Kier molecular flexibility index (Phi) is 6.38. The summed E-state index contributed by atoms with van der Waals surface area (Å²) in [5, 5.41) is 0.584. The van der Waals surface area contributed by atoms with Crippen LogP contribution in [-0.2, 0) is 10.0 Å². The molecule has 2 heterocycles. The number of amides is 1. The number of benzene rings is 2. The topological polar surface area (TPSA) is 101 Å². The van der Waals surface area contributed by atoms with Gasteiger partial charge >= 0.3 is 0 Å². The van der Waals surface area contributed by atoms with Gasteiger partial charge in [0.05, 0.1) is 4.90 Å². The number of ketones is 1. The Bertz CT molecular complexity index is 1290. The predicted molar refractivity (Wildman–Crippen MR) is 123 cm³/mol. The zero-order valence-electron chi connectivity index (χ0n) is 18.1. The molecule has 1 fully saturated rings. The minimum atomic E-state index is -3.72. The number of oxazole rings is 1. The Hall–Kier alpha value is -3.01. The molecule has 1 aliphatic heterocycles. The highest BCUT2D eigenvalue weighted by Gasteiger charge is 2.32. The van der Waals surface area contributed by atoms with E-state index in [0.717, 1.165) is 0 Å². The summed E-state index contributed by atoms with van der Waals surface area (Å²) in [4.78, 5) is 30.5. The molecule has 1 amide bonds. The van der Waals surface area contributed by atoms with Gasteiger partial charge < -0.3 is 9.32 Å². The molecule has 8 nitrogen and oxygen atoms in total. The molecule has 0 atom stereocenters. The van der Waals surface area contributed by atoms with Gasteiger partial charge in [-0.05, 0) is 50.2 Å². The van der Waals surface area contributed by atoms with Crippen LogP contribution >= 0.6 is 11.6 Å². The molecule has 1 aliphatic rings. The van der Waals surface area contributed by atoms with Crippen LogP contribution in [0.5, 0.6) is 0 Å². The normalized spacial score (nSPS) is 14.9. The molecular formula is C23H22ClN3O5S. The number of halogens is 1. The van der Waals surface area contributed by atoms with Crippen LogP contribution in [0.4, 0.5) is 0 Å². The molecule has 2 aromatic carbocycles. The van der Waals surface area contributed by atoms with Crippen molar-refractivity contribution in [3.63, 3.8) is 0 Å². The monoisotopic (exact) mass is 487 g/mol. The molecule has 0 radical (unpaired) electrons. The van der Waals surface area contributed by atoms with E-state index in [9.17, 15) is 18.0 Å². The van der Waals surface area contributed by atoms with Crippen LogP contribution in [0.1, 0.15) is 33.5 Å². The fraction of sp³-hybridized carbons (Fsp3) is 0.261. The quantitative estimate of drug-likeness (QED) is 0.509. The molecule has 0 spiro atoms. The first-order valence-corrected chi connectivity index (χ1v) is 12.1. The number of carbonyl (C=O) groups excluding carboxylic acids is 2. The van der Waals surface area contributed by atoms with E-state index in [-0.39, 0.29) is 48.5 Å². The molecule has 0 unspecified atom stereocenters. The molecule has 1 aromatic heterocycles. The summed E-state index contributed by atoms with van der Waals surface area (Å²) in [6, 6.07) is 12.8. The SMILES string of the molecule is CC(=O)c1ccc(S(=O)(=O)N2CCN(C(=O)c3nc(-c4ccc(Cl)cc4)oc3C)CC2)cc1. The third kappa shape index (κ3) is 4.71. The summed E-state index contributed by atoms with van der Waals surface area (Å²) in [6.07, 6.45) is 0. The molecule has 172 valence electrons. The fourth-order valence-corrected chi connectivity index (χ4v) is 5.15. The van der Waals surface area contributed by atoms with Gasteiger partial charge in [0.2, 0.25) is 15.9 Å². The Labute approximate surface area is 196 Å². The predicted octanol–water partition coefficient (Wildman–Crippen LogP) is 3.65. The van der Waals surface area contributed by atoms with Crippen LogP contribution in [0.3, 0.4) is 0 Å². The summed E-state index contributed by atoms with van der Waals surface area (Å²) in [5.74, 6) is 0.279. The van der Waals surface area contributed by atoms with Crippen LogP contribution in [0.25, 0.3) is 11.5 Å². The lowest BCUT2D eigenvalue weighted by atomic mass is 10.2. The number of aromatic nitrogens is 1. The van der Waals surface area contributed by atoms with E-state index in [0.29, 0.717) is 27.8 Å². The van der Waals surface area contributed by atoms with Crippen molar-refractivity contribution in [3.05, 3.63) is 70.6 Å². The van der Waals surface area contributed by atoms with E-state index >= 15 is 0 Å². The molecule has 0 saturated carbocycles. The van der Waals surface area contributed by atoms with Crippen molar-refractivity contribution < 1.29 is 22.4 Å². The highest BCUT2D eigenvalue weighted by Crippen LogP contribution is 2.25. The van der Waals surface area contributed by atoms with Crippen molar-refractivity contribution in [1.82, 2.24) is 14.2 Å². The summed E-state index contributed by atoms with van der Waals surface area (Å²) >= 11 is 5.92. The van der Waals surface area contributed by atoms with E-state index in [4.69, 9.17) is 16.0 Å². The maximum Gasteiger partial charge on any atom is 0.276 e. The number of rotatable bonds is 5. The van der Waals surface area contributed by atoms with Crippen molar-refractivity contribution in [1.29, 1.82) is 0 Å². The van der Waals surface area contributed by atoms with Crippen LogP contribution in [0.2, 0.25) is 5.02 Å². The second-order valence-electron chi connectivity index (χ2n) is 7.71. The first-order chi connectivity index (χ1) is 15.7. The first-order valence-electron chi connectivity index (χ1n) is 10.3. The van der Waals surface area contributed by atoms with Gasteiger partial charge in [0.1, 0.15) is 5.76 Å². The second-order valence-corrected chi connectivity index (χ2v) is 10.1. The van der Waals surface area contributed by atoms with Gasteiger partial charge in [-0.3, -0.25) is 9.59 Å². The second kappa shape index (κ2) is 9.09. The summed E-state index contributed by atoms with van der Waals surface area (Å²) in [5.41, 5.74) is 1.36. The molecule has 10 heteroatoms. The van der Waals surface area contributed by atoms with E-state index in [1.165, 1.54) is 35.5 Å². The molecule has 33 heavy (non-hydrogen) atoms. The average Bonchev–Trinajstić information content (AvgIpc) is 3.20. The lowest BCUT2D eigenvalue weighted by Gasteiger charge is -2.33. The van der Waals surface area contributed by atoms with E-state index < -0.39 is 10.0 Å². The molecule has 0 bridgehead atoms. The van der Waals surface area contributed by atoms with Crippen molar-refractivity contribution in [2.24, 2.45) is 0 Å². The molecule has 0 aliphatic carbocycles. The summed E-state index contributed by atoms with van der Waals surface area (Å²) in [7, 11) is -3.72. The summed E-state index contributed by atoms with van der Waals surface area (Å²) < 4.78 is 32.9. The lowest BCUT2D eigenvalue weighted by molar-refractivity contribution is 0.0690. The summed E-state index contributed by atoms with van der Waals surface area (Å²) in [6.45, 7) is 3.87. The number of nitrogens with zero attached hydrogens (tertiary/aromatic N) is 3. The van der Waals surface area contributed by atoms with E-state index in [1.807, 2.05) is 0 Å². The Morgan fingerprint density at radius 3 is 2.15 bits per heavy atom. The minimum absolute atomic E-state index is 0.118. The number of Topliss-reactive ketones (excluding diaryl/α,β-unsaturated/α-hetero) is 1. The molecule has 3 aromatic rings. The number of aryl methyl sites for hydroxylation is 1. The van der Waals surface area contributed by atoms with Crippen molar-refractivity contribution in [3.8, 4) is 11.5 Å². The van der Waals surface area contributed by atoms with Gasteiger partial charge in [-0.2, -0.15) is 4.31 Å². The van der Waals surface area contributed by atoms with Crippen LogP contribution in [0, 0.1) is 6.92 Å². The van der Waals surface area contributed by atoms with E-state index in [2.05, 4.69) is 4.98 Å². The number of hydrogen-bond acceptors (Lipinski definition) is 6. The fourth-order valence-electron chi connectivity index (χ4n) is 3.60. The van der Waals surface area contributed by atoms with E-state index in [1.54, 1.807) is 36.1 Å². The lowest BCUT2D eigenvalue weighted by Crippen LogP contribution is -2.50. The Morgan fingerprint density at radius 1 is 0.970 bits per heavy atom. The minimum Gasteiger partial charge on any atom is -0.441 e. The number of piperazine rings is 1. The van der Waals surface area contributed by atoms with Crippen LogP contribution < -0.4 is 0 Å². The largest absolute Gasteiger partial charge is 0.441 e. The molecular weight excluding hydrogens is 466 g/mol. The van der Waals surface area contributed by atoms with Crippen molar-refractivity contribution in [2.45, 2.75) is 18.7 Å². The maximum absolute atomic E-state index is 13.0. The smallest absolute Gasteiger partial charge is 0.276 e. The zero-order valence-corrected chi connectivity index (χ0v) is 19.7. The number of hydrogen-bond donors (Lipinski definition) is 0. The average molecular weight is 488 g/mol. The van der Waals surface area contributed by atoms with Gasteiger partial charge in [-0.1, -0.05) is 23.7 Å². The zero-order chi connectivity index (χ0) is 23.8. The molecule has 0 N–H and O–H groups in total. The third-order valence-corrected chi connectivity index (χ3v) is 7.68. The van der Waals surface area contributed by atoms with Gasteiger partial charge in [0, 0.05) is 42.3 Å². The van der Waals surface area contributed by atoms with Crippen molar-refractivity contribution in [2.75, 3.05) is 26.2 Å². The highest BCUT2D eigenvalue weighted by molar-refractivity contribution is 7.89. The van der Waals surface area contributed by atoms with Gasteiger partial charge in [0.25, 0.3) is 5.91 Å². The highest BCUT2D eigenvalue weighted by atomic mass is 35.5. The Balaban J connectivity index is 1.45. The maximum atomic E-state index is 13.0. The van der Waals surface area contributed by atoms with Gasteiger partial charge in [-0.15, -0.1) is 0 Å². The van der Waals surface area contributed by atoms with Gasteiger partial charge in [0.15, 0.2) is 11.5 Å². The first kappa shape index (κ1) is 23.2. The number of carbonyl (C=O) groups is 2. The molecule has 4 rings (SSSR count). The van der Waals surface area contributed by atoms with Crippen LogP contribution in [0.15, 0.2) is 57.8 Å². The standard InChI is InChI=1S/C23H22ClN3O5S/c1-15(28)17-5-9-20(10-6-17)33(30,31)27-13-11-26(12-14-27)23(29)21-16(2)32-22(25-21)18-3-7-19(24)8-4-18/h3-10H,11-14H2,1-2H3. The van der Waals surface area contributed by atoms with Crippen molar-refractivity contribution >= 4 is 33.3 Å².